The maximum Gasteiger partial charge on any atom is 0.242 e. The fourth-order valence-corrected chi connectivity index (χ4v) is 0.983. The number of rotatable bonds is 2. The van der Waals surface area contributed by atoms with Gasteiger partial charge in [-0.15, -0.1) is 0 Å². The van der Waals surface area contributed by atoms with Crippen molar-refractivity contribution in [3.05, 3.63) is 0 Å². The molecule has 4 N–H and O–H groups in total. The number of nitrogens with two attached hydrogens (primary N) is 2. The highest BCUT2D eigenvalue weighted by Crippen LogP contribution is 2.11. The number of likely N-dealkylation sites (tertiary alicyclic amines) is 1. The van der Waals surface area contributed by atoms with E-state index in [0.29, 0.717) is 6.54 Å². The standard InChI is InChI=1S/C6H11N3O2/c1-3(5(8)10)9-2-4(7)6(9)11/h3-4H,2,7H2,1H3,(H2,8,10). The zero-order valence-electron chi connectivity index (χ0n) is 6.28. The summed E-state index contributed by atoms with van der Waals surface area (Å²) < 4.78 is 0. The highest BCUT2D eigenvalue weighted by Gasteiger charge is 2.38. The topological polar surface area (TPSA) is 89.4 Å². The Balaban J connectivity index is 2.52. The van der Waals surface area contributed by atoms with Crippen molar-refractivity contribution in [3.63, 3.8) is 0 Å². The average Bonchev–Trinajstić information content (AvgIpc) is 1.98. The second-order valence-corrected chi connectivity index (χ2v) is 2.68. The summed E-state index contributed by atoms with van der Waals surface area (Å²) in [5.74, 6) is -0.693. The number of nitrogens with zero attached hydrogens (tertiary/aromatic N) is 1. The molecule has 0 bridgehead atoms. The van der Waals surface area contributed by atoms with E-state index in [-0.39, 0.29) is 5.91 Å². The van der Waals surface area contributed by atoms with E-state index in [0.717, 1.165) is 0 Å². The zero-order chi connectivity index (χ0) is 8.59. The predicted octanol–water partition coefficient (Wildman–Crippen LogP) is -1.97. The molecule has 2 atom stereocenters. The molecule has 1 fully saturated rings. The van der Waals surface area contributed by atoms with Crippen LogP contribution in [0.2, 0.25) is 0 Å². The highest BCUT2D eigenvalue weighted by atomic mass is 16.2. The average molecular weight is 157 g/mol. The van der Waals surface area contributed by atoms with Gasteiger partial charge in [0.25, 0.3) is 0 Å². The van der Waals surface area contributed by atoms with Gasteiger partial charge in [0.15, 0.2) is 0 Å². The quantitative estimate of drug-likeness (QED) is 0.455. The zero-order valence-corrected chi connectivity index (χ0v) is 6.28. The summed E-state index contributed by atoms with van der Waals surface area (Å²) in [6.45, 7) is 2.02. The number of primary amides is 1. The second kappa shape index (κ2) is 2.50. The van der Waals surface area contributed by atoms with Gasteiger partial charge in [0.2, 0.25) is 11.8 Å². The third kappa shape index (κ3) is 1.19. The van der Waals surface area contributed by atoms with Gasteiger partial charge in [0.05, 0.1) is 0 Å². The van der Waals surface area contributed by atoms with Crippen molar-refractivity contribution in [2.24, 2.45) is 11.5 Å². The molecule has 1 heterocycles. The minimum absolute atomic E-state index is 0.198. The van der Waals surface area contributed by atoms with Crippen LogP contribution in [0.1, 0.15) is 6.92 Å². The van der Waals surface area contributed by atoms with Crippen LogP contribution in [0.5, 0.6) is 0 Å². The minimum atomic E-state index is -0.526. The molecule has 0 saturated carbocycles. The van der Waals surface area contributed by atoms with Crippen LogP contribution in [0.25, 0.3) is 0 Å². The number of hydrogen-bond donors (Lipinski definition) is 2. The first-order valence-corrected chi connectivity index (χ1v) is 3.39. The Morgan fingerprint density at radius 3 is 2.64 bits per heavy atom. The van der Waals surface area contributed by atoms with Gasteiger partial charge < -0.3 is 16.4 Å². The molecule has 5 nitrogen and oxygen atoms in total. The Kier molecular flexibility index (Phi) is 1.82. The molecule has 11 heavy (non-hydrogen) atoms. The molecule has 5 heteroatoms. The lowest BCUT2D eigenvalue weighted by Gasteiger charge is -2.39. The number of carbonyl (C=O) groups excluding carboxylic acids is 2. The lowest BCUT2D eigenvalue weighted by Crippen LogP contribution is -2.65. The molecule has 2 unspecified atom stereocenters. The molecule has 2 amide bonds. The molecular formula is C6H11N3O2. The third-order valence-corrected chi connectivity index (χ3v) is 1.87. The van der Waals surface area contributed by atoms with Gasteiger partial charge in [0, 0.05) is 6.54 Å². The predicted molar refractivity (Wildman–Crippen MR) is 38.3 cm³/mol. The molecule has 0 aromatic rings. The minimum Gasteiger partial charge on any atom is -0.368 e. The van der Waals surface area contributed by atoms with Crippen molar-refractivity contribution in [2.75, 3.05) is 6.54 Å². The van der Waals surface area contributed by atoms with Gasteiger partial charge in [-0.3, -0.25) is 9.59 Å². The number of hydrogen-bond acceptors (Lipinski definition) is 3. The van der Waals surface area contributed by atoms with E-state index in [2.05, 4.69) is 0 Å². The van der Waals surface area contributed by atoms with Gasteiger partial charge in [-0.2, -0.15) is 0 Å². The first kappa shape index (κ1) is 8.00. The maximum atomic E-state index is 10.9. The van der Waals surface area contributed by atoms with Crippen LogP contribution in [0, 0.1) is 0 Å². The summed E-state index contributed by atoms with van der Waals surface area (Å²) in [6.07, 6.45) is 0. The van der Waals surface area contributed by atoms with Gasteiger partial charge in [-0.1, -0.05) is 0 Å². The molecule has 0 aromatic heterocycles. The van der Waals surface area contributed by atoms with Gasteiger partial charge in [-0.25, -0.2) is 0 Å². The van der Waals surface area contributed by atoms with E-state index in [1.54, 1.807) is 6.92 Å². The van der Waals surface area contributed by atoms with E-state index < -0.39 is 18.0 Å². The third-order valence-electron chi connectivity index (χ3n) is 1.87. The number of carbonyl (C=O) groups is 2. The van der Waals surface area contributed by atoms with Gasteiger partial charge in [0.1, 0.15) is 12.1 Å². The fourth-order valence-electron chi connectivity index (χ4n) is 0.983. The molecule has 1 rings (SSSR count). The number of amides is 2. The summed E-state index contributed by atoms with van der Waals surface area (Å²) in [5, 5.41) is 0. The van der Waals surface area contributed by atoms with Crippen molar-refractivity contribution in [2.45, 2.75) is 19.0 Å². The first-order chi connectivity index (χ1) is 5.04. The molecule has 1 aliphatic rings. The molecular weight excluding hydrogens is 146 g/mol. The summed E-state index contributed by atoms with van der Waals surface area (Å²) in [5.41, 5.74) is 10.3. The van der Waals surface area contributed by atoms with Crippen LogP contribution in [0.15, 0.2) is 0 Å². The van der Waals surface area contributed by atoms with Gasteiger partial charge >= 0.3 is 0 Å². The lowest BCUT2D eigenvalue weighted by molar-refractivity contribution is -0.149. The molecule has 0 aromatic carbocycles. The van der Waals surface area contributed by atoms with Crippen molar-refractivity contribution < 1.29 is 9.59 Å². The first-order valence-electron chi connectivity index (χ1n) is 3.39. The van der Waals surface area contributed by atoms with Crippen LogP contribution in [-0.2, 0) is 9.59 Å². The van der Waals surface area contributed by atoms with Crippen LogP contribution >= 0.6 is 0 Å². The maximum absolute atomic E-state index is 10.9. The second-order valence-electron chi connectivity index (χ2n) is 2.68. The normalized spacial score (nSPS) is 26.2. The van der Waals surface area contributed by atoms with E-state index in [9.17, 15) is 9.59 Å². The van der Waals surface area contributed by atoms with E-state index in [1.165, 1.54) is 4.90 Å². The summed E-state index contributed by atoms with van der Waals surface area (Å²) in [6, 6.07) is -0.959. The van der Waals surface area contributed by atoms with Crippen LogP contribution in [0.3, 0.4) is 0 Å². The lowest BCUT2D eigenvalue weighted by atomic mass is 10.1. The van der Waals surface area contributed by atoms with Crippen molar-refractivity contribution in [3.8, 4) is 0 Å². The molecule has 1 saturated heterocycles. The summed E-state index contributed by atoms with van der Waals surface area (Å²) in [7, 11) is 0. The molecule has 0 spiro atoms. The molecule has 1 aliphatic heterocycles. The van der Waals surface area contributed by atoms with E-state index in [4.69, 9.17) is 11.5 Å². The summed E-state index contributed by atoms with van der Waals surface area (Å²) in [4.78, 5) is 22.8. The SMILES string of the molecule is CC(C(N)=O)N1CC(N)C1=O. The largest absolute Gasteiger partial charge is 0.368 e. The Hall–Kier alpha value is -1.10. The Bertz CT molecular complexity index is 204. The van der Waals surface area contributed by atoms with Crippen molar-refractivity contribution >= 4 is 11.8 Å². The van der Waals surface area contributed by atoms with Crippen LogP contribution < -0.4 is 11.5 Å². The van der Waals surface area contributed by atoms with Crippen molar-refractivity contribution in [1.29, 1.82) is 0 Å². The fraction of sp³-hybridized carbons (Fsp3) is 0.667. The van der Waals surface area contributed by atoms with Crippen LogP contribution in [-0.4, -0.2) is 35.3 Å². The smallest absolute Gasteiger partial charge is 0.242 e. The Labute approximate surface area is 64.3 Å². The Morgan fingerprint density at radius 2 is 2.36 bits per heavy atom. The van der Waals surface area contributed by atoms with Gasteiger partial charge in [-0.05, 0) is 6.92 Å². The van der Waals surface area contributed by atoms with E-state index in [1.807, 2.05) is 0 Å². The number of β-lactam (4-membered cyclic amide) rings is 1. The van der Waals surface area contributed by atoms with E-state index >= 15 is 0 Å². The van der Waals surface area contributed by atoms with Crippen molar-refractivity contribution in [1.82, 2.24) is 4.90 Å². The monoisotopic (exact) mass is 157 g/mol. The molecule has 62 valence electrons. The highest BCUT2D eigenvalue weighted by molar-refractivity contribution is 5.93. The molecule has 0 aliphatic carbocycles. The summed E-state index contributed by atoms with van der Waals surface area (Å²) >= 11 is 0. The van der Waals surface area contributed by atoms with Crippen LogP contribution in [0.4, 0.5) is 0 Å². The molecule has 0 radical (unpaired) electrons. The Morgan fingerprint density at radius 1 is 1.82 bits per heavy atom.